The maximum absolute atomic E-state index is 11.8. The number of amides is 1. The third kappa shape index (κ3) is 3.85. The molecule has 0 radical (unpaired) electrons. The molecule has 100 valence electrons. The highest BCUT2D eigenvalue weighted by atomic mass is 16.2. The number of aromatic nitrogens is 4. The van der Waals surface area contributed by atoms with Crippen LogP contribution in [-0.2, 0) is 18.3 Å². The van der Waals surface area contributed by atoms with Crippen molar-refractivity contribution in [2.75, 3.05) is 5.32 Å². The molecule has 0 aliphatic heterocycles. The second kappa shape index (κ2) is 6.05. The molecule has 1 atom stereocenters. The van der Waals surface area contributed by atoms with Gasteiger partial charge in [0.2, 0.25) is 5.91 Å². The van der Waals surface area contributed by atoms with Crippen molar-refractivity contribution in [3.8, 4) is 0 Å². The number of hydrogen-bond donors (Lipinski definition) is 2. The lowest BCUT2D eigenvalue weighted by Crippen LogP contribution is -2.36. The van der Waals surface area contributed by atoms with E-state index in [0.29, 0.717) is 6.42 Å². The van der Waals surface area contributed by atoms with Gasteiger partial charge in [-0.05, 0) is 23.6 Å². The number of rotatable bonds is 5. The van der Waals surface area contributed by atoms with Crippen LogP contribution in [0.15, 0.2) is 30.3 Å². The van der Waals surface area contributed by atoms with Gasteiger partial charge in [0, 0.05) is 0 Å². The molecule has 0 fully saturated rings. The van der Waals surface area contributed by atoms with Gasteiger partial charge in [0.05, 0.1) is 13.1 Å². The van der Waals surface area contributed by atoms with Gasteiger partial charge < -0.3 is 5.73 Å². The van der Waals surface area contributed by atoms with Crippen molar-refractivity contribution >= 4 is 11.9 Å². The van der Waals surface area contributed by atoms with E-state index in [1.54, 1.807) is 7.05 Å². The van der Waals surface area contributed by atoms with Crippen LogP contribution in [0.2, 0.25) is 0 Å². The van der Waals surface area contributed by atoms with Crippen molar-refractivity contribution < 1.29 is 4.79 Å². The first kappa shape index (κ1) is 13.2. The first-order valence-corrected chi connectivity index (χ1v) is 5.99. The Morgan fingerprint density at radius 3 is 2.79 bits per heavy atom. The second-order valence-corrected chi connectivity index (χ2v) is 4.22. The fraction of sp³-hybridized carbons (Fsp3) is 0.333. The van der Waals surface area contributed by atoms with Crippen molar-refractivity contribution in [2.24, 2.45) is 12.8 Å². The number of tetrazole rings is 1. The first-order chi connectivity index (χ1) is 9.15. The van der Waals surface area contributed by atoms with Gasteiger partial charge in [0.1, 0.15) is 0 Å². The molecule has 2 rings (SSSR count). The normalized spacial score (nSPS) is 12.1. The number of nitrogens with one attached hydrogen (secondary N) is 1. The molecule has 7 nitrogen and oxygen atoms in total. The van der Waals surface area contributed by atoms with Gasteiger partial charge in [-0.3, -0.25) is 10.1 Å². The summed E-state index contributed by atoms with van der Waals surface area (Å²) in [7, 11) is 1.62. The molecule has 0 aliphatic carbocycles. The Morgan fingerprint density at radius 1 is 1.42 bits per heavy atom. The maximum Gasteiger partial charge on any atom is 0.270 e. The number of aryl methyl sites for hydroxylation is 2. The second-order valence-electron chi connectivity index (χ2n) is 4.22. The Morgan fingerprint density at radius 2 is 2.16 bits per heavy atom. The molecule has 3 N–H and O–H groups in total. The number of nitrogens with two attached hydrogens (primary N) is 1. The summed E-state index contributed by atoms with van der Waals surface area (Å²) < 4.78 is 0. The zero-order valence-corrected chi connectivity index (χ0v) is 10.7. The molecule has 7 heteroatoms. The average molecular weight is 260 g/mol. The lowest BCUT2D eigenvalue weighted by atomic mass is 10.1. The lowest BCUT2D eigenvalue weighted by Gasteiger charge is -2.09. The third-order valence-corrected chi connectivity index (χ3v) is 2.67. The monoisotopic (exact) mass is 260 g/mol. The molecule has 1 aromatic carbocycles. The summed E-state index contributed by atoms with van der Waals surface area (Å²) >= 11 is 0. The molecule has 2 aromatic rings. The Kier molecular flexibility index (Phi) is 4.19. The van der Waals surface area contributed by atoms with E-state index < -0.39 is 6.04 Å². The Labute approximate surface area is 110 Å². The average Bonchev–Trinajstić information content (AvgIpc) is 2.82. The van der Waals surface area contributed by atoms with Crippen LogP contribution in [0.1, 0.15) is 12.0 Å². The van der Waals surface area contributed by atoms with Crippen LogP contribution < -0.4 is 11.1 Å². The van der Waals surface area contributed by atoms with Crippen LogP contribution in [0, 0.1) is 0 Å². The molecule has 0 spiro atoms. The van der Waals surface area contributed by atoms with E-state index in [1.807, 2.05) is 30.3 Å². The predicted octanol–water partition coefficient (Wildman–Crippen LogP) is 0.109. The zero-order chi connectivity index (χ0) is 13.7. The minimum absolute atomic E-state index is 0.169. The van der Waals surface area contributed by atoms with Crippen LogP contribution in [0.25, 0.3) is 0 Å². The molecular weight excluding hydrogens is 244 g/mol. The number of anilines is 1. The Balaban J connectivity index is 1.82. The van der Waals surface area contributed by atoms with Gasteiger partial charge in [-0.15, -0.1) is 5.10 Å². The zero-order valence-electron chi connectivity index (χ0n) is 10.7. The predicted molar refractivity (Wildman–Crippen MR) is 70.2 cm³/mol. The van der Waals surface area contributed by atoms with Crippen LogP contribution in [0.3, 0.4) is 0 Å². The van der Waals surface area contributed by atoms with E-state index in [0.717, 1.165) is 12.0 Å². The fourth-order valence-electron chi connectivity index (χ4n) is 1.63. The van der Waals surface area contributed by atoms with Gasteiger partial charge in [0.15, 0.2) is 0 Å². The highest BCUT2D eigenvalue weighted by molar-refractivity contribution is 5.93. The highest BCUT2D eigenvalue weighted by Gasteiger charge is 2.15. The standard InChI is InChI=1S/C12H16N6O/c1-18-16-12(15-17-18)14-11(19)10(13)8-7-9-5-3-2-4-6-9/h2-6,10H,7-8,13H2,1H3,(H,14,16,19)/t10-/m0/s1. The van der Waals surface area contributed by atoms with Crippen molar-refractivity contribution in [1.82, 2.24) is 20.2 Å². The summed E-state index contributed by atoms with van der Waals surface area (Å²) in [6.45, 7) is 0. The number of nitrogens with zero attached hydrogens (tertiary/aromatic N) is 4. The molecule has 19 heavy (non-hydrogen) atoms. The van der Waals surface area contributed by atoms with E-state index in [2.05, 4.69) is 20.7 Å². The number of benzene rings is 1. The molecule has 0 bridgehead atoms. The number of hydrogen-bond acceptors (Lipinski definition) is 5. The van der Waals surface area contributed by atoms with Gasteiger partial charge in [-0.2, -0.15) is 4.80 Å². The minimum atomic E-state index is -0.594. The Bertz CT molecular complexity index is 538. The van der Waals surface area contributed by atoms with Crippen molar-refractivity contribution in [3.63, 3.8) is 0 Å². The van der Waals surface area contributed by atoms with Crippen LogP contribution in [-0.4, -0.2) is 32.2 Å². The molecule has 0 aliphatic rings. The first-order valence-electron chi connectivity index (χ1n) is 5.99. The smallest absolute Gasteiger partial charge is 0.270 e. The molecule has 0 saturated heterocycles. The van der Waals surface area contributed by atoms with Crippen molar-refractivity contribution in [1.29, 1.82) is 0 Å². The van der Waals surface area contributed by atoms with Gasteiger partial charge in [0.25, 0.3) is 5.95 Å². The third-order valence-electron chi connectivity index (χ3n) is 2.67. The van der Waals surface area contributed by atoms with Crippen LogP contribution >= 0.6 is 0 Å². The number of carbonyl (C=O) groups excluding carboxylic acids is 1. The van der Waals surface area contributed by atoms with E-state index in [4.69, 9.17) is 5.73 Å². The Hall–Kier alpha value is -2.28. The summed E-state index contributed by atoms with van der Waals surface area (Å²) in [4.78, 5) is 13.1. The largest absolute Gasteiger partial charge is 0.320 e. The summed E-state index contributed by atoms with van der Waals surface area (Å²) in [5.74, 6) is -0.133. The fourth-order valence-corrected chi connectivity index (χ4v) is 1.63. The van der Waals surface area contributed by atoms with E-state index in [-0.39, 0.29) is 11.9 Å². The van der Waals surface area contributed by atoms with Crippen LogP contribution in [0.5, 0.6) is 0 Å². The van der Waals surface area contributed by atoms with E-state index in [1.165, 1.54) is 4.80 Å². The summed E-state index contributed by atoms with van der Waals surface area (Å²) in [6.07, 6.45) is 1.32. The van der Waals surface area contributed by atoms with Gasteiger partial charge >= 0.3 is 0 Å². The lowest BCUT2D eigenvalue weighted by molar-refractivity contribution is -0.117. The van der Waals surface area contributed by atoms with Crippen LogP contribution in [0.4, 0.5) is 5.95 Å². The van der Waals surface area contributed by atoms with E-state index in [9.17, 15) is 4.79 Å². The summed E-state index contributed by atoms with van der Waals surface area (Å²) in [6, 6.07) is 9.30. The maximum atomic E-state index is 11.8. The SMILES string of the molecule is Cn1nnc(NC(=O)[C@@H](N)CCc2ccccc2)n1. The molecule has 1 amide bonds. The minimum Gasteiger partial charge on any atom is -0.320 e. The quantitative estimate of drug-likeness (QED) is 0.795. The molecule has 0 unspecified atom stereocenters. The summed E-state index contributed by atoms with van der Waals surface area (Å²) in [5, 5.41) is 13.7. The molecule has 1 heterocycles. The van der Waals surface area contributed by atoms with Gasteiger partial charge in [-0.1, -0.05) is 35.4 Å². The summed E-state index contributed by atoms with van der Waals surface area (Å²) in [5.41, 5.74) is 6.98. The van der Waals surface area contributed by atoms with Crippen molar-refractivity contribution in [2.45, 2.75) is 18.9 Å². The topological polar surface area (TPSA) is 98.7 Å². The van der Waals surface area contributed by atoms with Crippen molar-refractivity contribution in [3.05, 3.63) is 35.9 Å². The molecular formula is C12H16N6O. The number of carbonyl (C=O) groups is 1. The molecule has 0 saturated carbocycles. The molecule has 1 aromatic heterocycles. The van der Waals surface area contributed by atoms with E-state index >= 15 is 0 Å². The highest BCUT2D eigenvalue weighted by Crippen LogP contribution is 2.05. The van der Waals surface area contributed by atoms with Gasteiger partial charge in [-0.25, -0.2) is 0 Å².